The summed E-state index contributed by atoms with van der Waals surface area (Å²) in [6.07, 6.45) is 1.93. The summed E-state index contributed by atoms with van der Waals surface area (Å²) >= 11 is 12.0. The van der Waals surface area contributed by atoms with Gasteiger partial charge in [0.25, 0.3) is 5.91 Å². The third-order valence-electron chi connectivity index (χ3n) is 4.35. The molecule has 3 aromatic rings. The summed E-state index contributed by atoms with van der Waals surface area (Å²) in [7, 11) is 0. The van der Waals surface area contributed by atoms with Gasteiger partial charge in [-0.3, -0.25) is 4.79 Å². The zero-order valence-corrected chi connectivity index (χ0v) is 18.8. The molecule has 0 radical (unpaired) electrons. The van der Waals surface area contributed by atoms with Gasteiger partial charge in [0.2, 0.25) is 0 Å². The highest BCUT2D eigenvalue weighted by molar-refractivity contribution is 7.98. The van der Waals surface area contributed by atoms with E-state index >= 15 is 0 Å². The van der Waals surface area contributed by atoms with E-state index in [0.29, 0.717) is 27.6 Å². The second-order valence-corrected chi connectivity index (χ2v) is 8.06. The van der Waals surface area contributed by atoms with E-state index in [0.717, 1.165) is 10.5 Å². The van der Waals surface area contributed by atoms with Gasteiger partial charge in [0, 0.05) is 21.8 Å². The lowest BCUT2D eigenvalue weighted by molar-refractivity contribution is 0.102. The average Bonchev–Trinajstić information content (AvgIpc) is 2.74. The smallest absolute Gasteiger partial charge is 0.322 e. The lowest BCUT2D eigenvalue weighted by atomic mass is 10.1. The van der Waals surface area contributed by atoms with Crippen LogP contribution in [-0.2, 0) is 0 Å². The summed E-state index contributed by atoms with van der Waals surface area (Å²) < 4.78 is 1.18. The van der Waals surface area contributed by atoms with E-state index in [1.165, 1.54) is 16.1 Å². The molecule has 0 saturated carbocycles. The number of nitrogens with one attached hydrogen (secondary N) is 2. The van der Waals surface area contributed by atoms with Gasteiger partial charge in [0.1, 0.15) is 0 Å². The molecule has 0 aliphatic carbocycles. The molecule has 0 aromatic heterocycles. The quantitative estimate of drug-likeness (QED) is 0.302. The van der Waals surface area contributed by atoms with E-state index in [9.17, 15) is 9.59 Å². The number of nitrogens with zero attached hydrogens (tertiary/aromatic N) is 1. The fourth-order valence-electron chi connectivity index (χ4n) is 2.75. The predicted molar refractivity (Wildman–Crippen MR) is 129 cm³/mol. The van der Waals surface area contributed by atoms with Crippen LogP contribution in [0.1, 0.15) is 15.9 Å². The molecule has 2 N–H and O–H groups in total. The number of urea groups is 1. The molecule has 30 heavy (non-hydrogen) atoms. The van der Waals surface area contributed by atoms with E-state index in [4.69, 9.17) is 11.6 Å². The van der Waals surface area contributed by atoms with Crippen molar-refractivity contribution in [2.75, 3.05) is 21.2 Å². The van der Waals surface area contributed by atoms with Crippen LogP contribution < -0.4 is 14.9 Å². The van der Waals surface area contributed by atoms with Crippen LogP contribution in [-0.4, -0.2) is 18.2 Å². The Morgan fingerprint density at radius 1 is 0.967 bits per heavy atom. The second kappa shape index (κ2) is 9.93. The zero-order chi connectivity index (χ0) is 21.7. The Balaban J connectivity index is 1.65. The Kier molecular flexibility index (Phi) is 7.31. The number of benzene rings is 3. The molecule has 0 fully saturated rings. The minimum atomic E-state index is -0.428. The zero-order valence-electron chi connectivity index (χ0n) is 16.3. The number of rotatable bonds is 5. The molecule has 3 amide bonds. The first kappa shape index (κ1) is 22.1. The van der Waals surface area contributed by atoms with Gasteiger partial charge < -0.3 is 10.6 Å². The van der Waals surface area contributed by atoms with Crippen molar-refractivity contribution in [3.63, 3.8) is 0 Å². The second-order valence-electron chi connectivity index (χ2n) is 6.41. The van der Waals surface area contributed by atoms with Gasteiger partial charge in [0.15, 0.2) is 0 Å². The summed E-state index contributed by atoms with van der Waals surface area (Å²) in [4.78, 5) is 25.8. The average molecular weight is 458 g/mol. The van der Waals surface area contributed by atoms with E-state index in [-0.39, 0.29) is 5.91 Å². The number of amides is 3. The van der Waals surface area contributed by atoms with Crippen molar-refractivity contribution in [3.05, 3.63) is 82.9 Å². The van der Waals surface area contributed by atoms with Crippen molar-refractivity contribution in [1.29, 1.82) is 0 Å². The molecule has 154 valence electrons. The van der Waals surface area contributed by atoms with Crippen LogP contribution in [0, 0.1) is 6.92 Å². The number of thioether (sulfide) groups is 1. The Hall–Kier alpha value is -2.61. The van der Waals surface area contributed by atoms with Crippen molar-refractivity contribution in [3.8, 4) is 0 Å². The van der Waals surface area contributed by atoms with Crippen LogP contribution in [0.3, 0.4) is 0 Å². The third kappa shape index (κ3) is 5.30. The van der Waals surface area contributed by atoms with Crippen molar-refractivity contribution < 1.29 is 9.59 Å². The largest absolute Gasteiger partial charge is 0.336 e. The molecule has 0 aliphatic rings. The van der Waals surface area contributed by atoms with Crippen LogP contribution in [0.4, 0.5) is 21.9 Å². The number of thiol groups is 1. The summed E-state index contributed by atoms with van der Waals surface area (Å²) in [5.74, 6) is -0.188. The molecule has 0 unspecified atom stereocenters. The number of carbonyl (C=O) groups excluding carboxylic acids is 2. The van der Waals surface area contributed by atoms with Crippen LogP contribution in [0.2, 0.25) is 5.02 Å². The van der Waals surface area contributed by atoms with Crippen molar-refractivity contribution >= 4 is 65.2 Å². The molecule has 0 atom stereocenters. The maximum absolute atomic E-state index is 12.5. The molecule has 0 heterocycles. The summed E-state index contributed by atoms with van der Waals surface area (Å²) in [5.41, 5.74) is 3.26. The molecule has 0 aliphatic heterocycles. The van der Waals surface area contributed by atoms with Crippen molar-refractivity contribution in [2.45, 2.75) is 11.8 Å². The first-order valence-electron chi connectivity index (χ1n) is 8.99. The fraction of sp³-hybridized carbons (Fsp3) is 0.0909. The number of carbonyl (C=O) groups is 2. The SMILES string of the molecule is CSc1ccc(NC(=O)N(S)c2ccc(NC(=O)c3ccccc3C)cc2)cc1Cl. The molecule has 3 rings (SSSR count). The number of halogens is 1. The van der Waals surface area contributed by atoms with Gasteiger partial charge in [-0.25, -0.2) is 9.10 Å². The first-order valence-corrected chi connectivity index (χ1v) is 11.0. The summed E-state index contributed by atoms with van der Waals surface area (Å²) in [6.45, 7) is 1.89. The van der Waals surface area contributed by atoms with Crippen molar-refractivity contribution in [2.24, 2.45) is 0 Å². The standard InChI is InChI=1S/C22H20ClN3O2S2/c1-14-5-3-4-6-18(14)21(27)24-15-7-10-17(11-8-15)26(29)22(28)25-16-9-12-20(30-2)19(23)13-16/h3-13,29H,1-2H3,(H,24,27)(H,25,28). The van der Waals surface area contributed by atoms with E-state index in [2.05, 4.69) is 23.4 Å². The Morgan fingerprint density at radius 2 is 1.63 bits per heavy atom. The van der Waals surface area contributed by atoms with Gasteiger partial charge in [-0.2, -0.15) is 0 Å². The van der Waals surface area contributed by atoms with E-state index in [1.807, 2.05) is 37.4 Å². The Labute approximate surface area is 190 Å². The van der Waals surface area contributed by atoms with Gasteiger partial charge >= 0.3 is 6.03 Å². The topological polar surface area (TPSA) is 61.4 Å². The number of hydrogen-bond donors (Lipinski definition) is 3. The summed E-state index contributed by atoms with van der Waals surface area (Å²) in [5, 5.41) is 6.17. The van der Waals surface area contributed by atoms with Crippen LogP contribution in [0.25, 0.3) is 0 Å². The van der Waals surface area contributed by atoms with Crippen LogP contribution >= 0.6 is 36.2 Å². The molecule has 5 nitrogen and oxygen atoms in total. The lowest BCUT2D eigenvalue weighted by Gasteiger charge is -2.17. The Bertz CT molecular complexity index is 1070. The minimum Gasteiger partial charge on any atom is -0.322 e. The van der Waals surface area contributed by atoms with Gasteiger partial charge in [-0.05, 0) is 67.3 Å². The van der Waals surface area contributed by atoms with Gasteiger partial charge in [-0.15, -0.1) is 11.8 Å². The predicted octanol–water partition coefficient (Wildman–Crippen LogP) is 6.51. The minimum absolute atomic E-state index is 0.188. The maximum atomic E-state index is 12.5. The van der Waals surface area contributed by atoms with Crippen molar-refractivity contribution in [1.82, 2.24) is 0 Å². The molecule has 3 aromatic carbocycles. The molecule has 8 heteroatoms. The molecular formula is C22H20ClN3O2S2. The normalized spacial score (nSPS) is 10.4. The number of aryl methyl sites for hydroxylation is 1. The number of anilines is 3. The summed E-state index contributed by atoms with van der Waals surface area (Å²) in [6, 6.07) is 19.1. The molecule has 0 spiro atoms. The van der Waals surface area contributed by atoms with Crippen LogP contribution in [0.5, 0.6) is 0 Å². The van der Waals surface area contributed by atoms with E-state index in [1.54, 1.807) is 42.5 Å². The van der Waals surface area contributed by atoms with Crippen LogP contribution in [0.15, 0.2) is 71.6 Å². The first-order chi connectivity index (χ1) is 14.4. The highest BCUT2D eigenvalue weighted by Crippen LogP contribution is 2.28. The molecule has 0 bridgehead atoms. The monoisotopic (exact) mass is 457 g/mol. The lowest BCUT2D eigenvalue weighted by Crippen LogP contribution is -2.26. The highest BCUT2D eigenvalue weighted by atomic mass is 35.5. The van der Waals surface area contributed by atoms with Gasteiger partial charge in [-0.1, -0.05) is 42.6 Å². The third-order valence-corrected chi connectivity index (χ3v) is 5.99. The Morgan fingerprint density at radius 3 is 2.27 bits per heavy atom. The maximum Gasteiger partial charge on any atom is 0.336 e. The van der Waals surface area contributed by atoms with E-state index < -0.39 is 6.03 Å². The highest BCUT2D eigenvalue weighted by Gasteiger charge is 2.14. The number of hydrogen-bond acceptors (Lipinski definition) is 4. The molecular weight excluding hydrogens is 438 g/mol. The fourth-order valence-corrected chi connectivity index (χ4v) is 3.80. The molecule has 0 saturated heterocycles. The van der Waals surface area contributed by atoms with Gasteiger partial charge in [0.05, 0.1) is 10.7 Å².